The standard InChI is InChI=1S/C25H21Cl2N3O4/c1-3-33-24(31)11-15-4-8-22(19(27)10-15)34-23-9-6-18(14-28-23)29-25(32)21-13-16-12-17(26)5-7-20(16)30(21)2/h4-10,12-14H,3,11H2,1-2H3,(H,29,32). The Labute approximate surface area is 206 Å². The quantitative estimate of drug-likeness (QED) is 0.315. The van der Waals surface area contributed by atoms with E-state index in [0.29, 0.717) is 39.7 Å². The number of anilines is 1. The Hall–Kier alpha value is -3.55. The number of benzene rings is 2. The SMILES string of the molecule is CCOC(=O)Cc1ccc(Oc2ccc(NC(=O)c3cc4cc(Cl)ccc4n3C)cn2)c(Cl)c1. The Morgan fingerprint density at radius 2 is 1.88 bits per heavy atom. The van der Waals surface area contributed by atoms with Crippen LogP contribution in [-0.2, 0) is 23.0 Å². The molecule has 4 aromatic rings. The lowest BCUT2D eigenvalue weighted by molar-refractivity contribution is -0.142. The molecule has 0 atom stereocenters. The summed E-state index contributed by atoms with van der Waals surface area (Å²) in [6.07, 6.45) is 1.63. The second kappa shape index (κ2) is 10.2. The minimum absolute atomic E-state index is 0.129. The molecule has 34 heavy (non-hydrogen) atoms. The highest BCUT2D eigenvalue weighted by Crippen LogP contribution is 2.30. The third kappa shape index (κ3) is 5.32. The van der Waals surface area contributed by atoms with Gasteiger partial charge in [0.25, 0.3) is 5.91 Å². The number of carbonyl (C=O) groups excluding carboxylic acids is 2. The van der Waals surface area contributed by atoms with Crippen LogP contribution >= 0.6 is 23.2 Å². The summed E-state index contributed by atoms with van der Waals surface area (Å²) in [4.78, 5) is 28.7. The number of fused-ring (bicyclic) bond motifs is 1. The monoisotopic (exact) mass is 497 g/mol. The molecule has 1 N–H and O–H groups in total. The Kier molecular flexibility index (Phi) is 7.05. The highest BCUT2D eigenvalue weighted by molar-refractivity contribution is 6.32. The van der Waals surface area contributed by atoms with Crippen LogP contribution in [0.1, 0.15) is 23.0 Å². The highest BCUT2D eigenvalue weighted by Gasteiger charge is 2.14. The number of nitrogens with zero attached hydrogens (tertiary/aromatic N) is 2. The summed E-state index contributed by atoms with van der Waals surface area (Å²) in [7, 11) is 1.82. The minimum Gasteiger partial charge on any atom is -0.466 e. The molecule has 9 heteroatoms. The Morgan fingerprint density at radius 1 is 1.06 bits per heavy atom. The van der Waals surface area contributed by atoms with Gasteiger partial charge in [0.2, 0.25) is 5.88 Å². The largest absolute Gasteiger partial charge is 0.466 e. The molecule has 0 saturated carbocycles. The average molecular weight is 498 g/mol. The third-order valence-electron chi connectivity index (χ3n) is 5.10. The van der Waals surface area contributed by atoms with Gasteiger partial charge in [0.05, 0.1) is 29.9 Å². The molecule has 0 radical (unpaired) electrons. The minimum atomic E-state index is -0.321. The van der Waals surface area contributed by atoms with E-state index in [4.69, 9.17) is 32.7 Å². The first-order valence-electron chi connectivity index (χ1n) is 10.5. The van der Waals surface area contributed by atoms with Gasteiger partial charge in [0.1, 0.15) is 11.4 Å². The molecule has 0 saturated heterocycles. The van der Waals surface area contributed by atoms with E-state index in [1.165, 1.54) is 6.20 Å². The number of halogens is 2. The van der Waals surface area contributed by atoms with Crippen LogP contribution in [-0.4, -0.2) is 28.0 Å². The van der Waals surface area contributed by atoms with Gasteiger partial charge in [-0.25, -0.2) is 4.98 Å². The van der Waals surface area contributed by atoms with Crippen LogP contribution < -0.4 is 10.1 Å². The van der Waals surface area contributed by atoms with Gasteiger partial charge in [-0.2, -0.15) is 0 Å². The molecule has 2 heterocycles. The zero-order valence-electron chi connectivity index (χ0n) is 18.5. The normalized spacial score (nSPS) is 10.8. The molecular formula is C25H21Cl2N3O4. The van der Waals surface area contributed by atoms with E-state index in [1.807, 2.05) is 19.2 Å². The zero-order chi connectivity index (χ0) is 24.2. The Balaban J connectivity index is 1.42. The number of aryl methyl sites for hydroxylation is 1. The fourth-order valence-corrected chi connectivity index (χ4v) is 3.90. The third-order valence-corrected chi connectivity index (χ3v) is 5.63. The first-order valence-corrected chi connectivity index (χ1v) is 11.2. The lowest BCUT2D eigenvalue weighted by atomic mass is 10.1. The fraction of sp³-hybridized carbons (Fsp3) is 0.160. The van der Waals surface area contributed by atoms with Crippen molar-refractivity contribution in [3.05, 3.63) is 82.1 Å². The average Bonchev–Trinajstić information content (AvgIpc) is 3.12. The Morgan fingerprint density at radius 3 is 2.59 bits per heavy atom. The molecule has 0 fully saturated rings. The first kappa shape index (κ1) is 23.6. The van der Waals surface area contributed by atoms with E-state index < -0.39 is 0 Å². The number of esters is 1. The maximum atomic E-state index is 12.8. The first-order chi connectivity index (χ1) is 16.3. The van der Waals surface area contributed by atoms with Gasteiger partial charge in [-0.1, -0.05) is 29.3 Å². The van der Waals surface area contributed by atoms with Crippen molar-refractivity contribution < 1.29 is 19.1 Å². The van der Waals surface area contributed by atoms with Crippen LogP contribution in [0.25, 0.3) is 10.9 Å². The summed E-state index contributed by atoms with van der Waals surface area (Å²) in [6, 6.07) is 15.6. The van der Waals surface area contributed by atoms with Gasteiger partial charge in [0.15, 0.2) is 0 Å². The number of hydrogen-bond acceptors (Lipinski definition) is 5. The number of carbonyl (C=O) groups is 2. The van der Waals surface area contributed by atoms with Gasteiger partial charge in [0, 0.05) is 29.0 Å². The van der Waals surface area contributed by atoms with Gasteiger partial charge >= 0.3 is 5.97 Å². The van der Waals surface area contributed by atoms with Gasteiger partial charge in [-0.05, 0) is 55.0 Å². The van der Waals surface area contributed by atoms with E-state index in [1.54, 1.807) is 54.0 Å². The molecule has 0 unspecified atom stereocenters. The zero-order valence-corrected chi connectivity index (χ0v) is 20.0. The summed E-state index contributed by atoms with van der Waals surface area (Å²) in [5.41, 5.74) is 2.63. The fourth-order valence-electron chi connectivity index (χ4n) is 3.48. The predicted octanol–water partition coefficient (Wildman–Crippen LogP) is 6.03. The summed E-state index contributed by atoms with van der Waals surface area (Å²) < 4.78 is 12.5. The van der Waals surface area contributed by atoms with Gasteiger partial charge < -0.3 is 19.4 Å². The number of rotatable bonds is 7. The van der Waals surface area contributed by atoms with E-state index in [2.05, 4.69) is 10.3 Å². The number of ether oxygens (including phenoxy) is 2. The molecule has 0 spiro atoms. The molecule has 0 aliphatic carbocycles. The van der Waals surface area contributed by atoms with Crippen LogP contribution in [0, 0.1) is 0 Å². The molecule has 4 rings (SSSR count). The second-order valence-corrected chi connectivity index (χ2v) is 8.32. The van der Waals surface area contributed by atoms with Gasteiger partial charge in [-0.15, -0.1) is 0 Å². The summed E-state index contributed by atoms with van der Waals surface area (Å²) in [5, 5.41) is 4.67. The molecule has 7 nitrogen and oxygen atoms in total. The summed E-state index contributed by atoms with van der Waals surface area (Å²) in [5.74, 6) is 0.106. The van der Waals surface area contributed by atoms with Crippen LogP contribution in [0.5, 0.6) is 11.6 Å². The smallest absolute Gasteiger partial charge is 0.310 e. The van der Waals surface area contributed by atoms with E-state index in [9.17, 15) is 9.59 Å². The van der Waals surface area contributed by atoms with Crippen LogP contribution in [0.15, 0.2) is 60.8 Å². The van der Waals surface area contributed by atoms with Gasteiger partial charge in [-0.3, -0.25) is 9.59 Å². The topological polar surface area (TPSA) is 82.5 Å². The van der Waals surface area contributed by atoms with Crippen molar-refractivity contribution in [3.63, 3.8) is 0 Å². The lowest BCUT2D eigenvalue weighted by Gasteiger charge is -2.10. The molecule has 2 aromatic heterocycles. The summed E-state index contributed by atoms with van der Waals surface area (Å²) >= 11 is 12.3. The van der Waals surface area contributed by atoms with Crippen molar-refractivity contribution in [1.82, 2.24) is 9.55 Å². The molecular weight excluding hydrogens is 477 g/mol. The summed E-state index contributed by atoms with van der Waals surface area (Å²) in [6.45, 7) is 2.08. The number of nitrogens with one attached hydrogen (secondary N) is 1. The van der Waals surface area contributed by atoms with Crippen molar-refractivity contribution in [2.75, 3.05) is 11.9 Å². The van der Waals surface area contributed by atoms with E-state index >= 15 is 0 Å². The maximum absolute atomic E-state index is 12.8. The molecule has 0 aliphatic rings. The van der Waals surface area contributed by atoms with Crippen LogP contribution in [0.2, 0.25) is 10.0 Å². The number of hydrogen-bond donors (Lipinski definition) is 1. The van der Waals surface area contributed by atoms with Crippen molar-refractivity contribution in [2.24, 2.45) is 7.05 Å². The number of amides is 1. The number of pyridine rings is 1. The second-order valence-electron chi connectivity index (χ2n) is 7.48. The molecule has 0 bridgehead atoms. The van der Waals surface area contributed by atoms with Crippen molar-refractivity contribution in [1.29, 1.82) is 0 Å². The van der Waals surface area contributed by atoms with Crippen molar-refractivity contribution in [2.45, 2.75) is 13.3 Å². The van der Waals surface area contributed by atoms with Crippen LogP contribution in [0.3, 0.4) is 0 Å². The molecule has 0 aliphatic heterocycles. The van der Waals surface area contributed by atoms with Crippen LogP contribution in [0.4, 0.5) is 5.69 Å². The maximum Gasteiger partial charge on any atom is 0.310 e. The molecule has 1 amide bonds. The van der Waals surface area contributed by atoms with E-state index in [0.717, 1.165) is 16.5 Å². The van der Waals surface area contributed by atoms with E-state index in [-0.39, 0.29) is 18.3 Å². The highest BCUT2D eigenvalue weighted by atomic mass is 35.5. The van der Waals surface area contributed by atoms with Crippen molar-refractivity contribution in [3.8, 4) is 11.6 Å². The molecule has 2 aromatic carbocycles. The Bertz CT molecular complexity index is 1370. The lowest BCUT2D eigenvalue weighted by Crippen LogP contribution is -2.15. The predicted molar refractivity (Wildman–Crippen MR) is 132 cm³/mol. The molecule has 174 valence electrons. The number of aromatic nitrogens is 2. The van der Waals surface area contributed by atoms with Crippen molar-refractivity contribution >= 4 is 51.7 Å².